The summed E-state index contributed by atoms with van der Waals surface area (Å²) in [6.45, 7) is 2.90. The summed E-state index contributed by atoms with van der Waals surface area (Å²) in [5.41, 5.74) is 0. The molecule has 1 aromatic heterocycles. The summed E-state index contributed by atoms with van der Waals surface area (Å²) in [6, 6.07) is 4.08. The van der Waals surface area contributed by atoms with Gasteiger partial charge in [0.1, 0.15) is 5.82 Å². The first-order chi connectivity index (χ1) is 6.75. The van der Waals surface area contributed by atoms with E-state index in [0.717, 1.165) is 18.8 Å². The Bertz CT molecular complexity index is 301. The lowest BCUT2D eigenvalue weighted by atomic mass is 10.1. The average Bonchev–Trinajstić information content (AvgIpc) is 2.56. The van der Waals surface area contributed by atoms with E-state index in [1.807, 2.05) is 12.1 Å². The SMILES string of the molecule is CC1OCCC1Nc1ccc(Cl)cn1. The molecule has 0 bridgehead atoms. The van der Waals surface area contributed by atoms with Crippen molar-refractivity contribution in [2.24, 2.45) is 0 Å². The summed E-state index contributed by atoms with van der Waals surface area (Å²) in [5.74, 6) is 0.858. The van der Waals surface area contributed by atoms with Gasteiger partial charge in [-0.1, -0.05) is 11.6 Å². The van der Waals surface area contributed by atoms with Crippen molar-refractivity contribution in [3.8, 4) is 0 Å². The first-order valence-electron chi connectivity index (χ1n) is 4.75. The quantitative estimate of drug-likeness (QED) is 0.817. The lowest BCUT2D eigenvalue weighted by molar-refractivity contribution is 0.121. The third-order valence-electron chi connectivity index (χ3n) is 2.44. The molecule has 1 saturated heterocycles. The van der Waals surface area contributed by atoms with Crippen LogP contribution in [0.15, 0.2) is 18.3 Å². The van der Waals surface area contributed by atoms with E-state index in [0.29, 0.717) is 11.1 Å². The Kier molecular flexibility index (Phi) is 2.89. The fourth-order valence-corrected chi connectivity index (χ4v) is 1.68. The van der Waals surface area contributed by atoms with Crippen molar-refractivity contribution in [3.63, 3.8) is 0 Å². The summed E-state index contributed by atoms with van der Waals surface area (Å²) < 4.78 is 5.45. The van der Waals surface area contributed by atoms with Gasteiger partial charge in [0, 0.05) is 12.8 Å². The maximum Gasteiger partial charge on any atom is 0.126 e. The zero-order valence-electron chi connectivity index (χ0n) is 8.03. The predicted octanol–water partition coefficient (Wildman–Crippen LogP) is 2.32. The molecule has 2 atom stereocenters. The molecule has 0 saturated carbocycles. The van der Waals surface area contributed by atoms with E-state index in [4.69, 9.17) is 16.3 Å². The fourth-order valence-electron chi connectivity index (χ4n) is 1.57. The molecule has 1 aromatic rings. The highest BCUT2D eigenvalue weighted by Gasteiger charge is 2.23. The van der Waals surface area contributed by atoms with E-state index in [1.165, 1.54) is 0 Å². The second-order valence-electron chi connectivity index (χ2n) is 3.48. The van der Waals surface area contributed by atoms with Crippen LogP contribution in [-0.2, 0) is 4.74 Å². The topological polar surface area (TPSA) is 34.1 Å². The van der Waals surface area contributed by atoms with Crippen LogP contribution < -0.4 is 5.32 Å². The van der Waals surface area contributed by atoms with E-state index in [9.17, 15) is 0 Å². The van der Waals surface area contributed by atoms with Crippen LogP contribution in [0.5, 0.6) is 0 Å². The van der Waals surface area contributed by atoms with E-state index < -0.39 is 0 Å². The van der Waals surface area contributed by atoms with Crippen molar-refractivity contribution < 1.29 is 4.74 Å². The number of nitrogens with zero attached hydrogens (tertiary/aromatic N) is 1. The van der Waals surface area contributed by atoms with Crippen LogP contribution in [0.3, 0.4) is 0 Å². The van der Waals surface area contributed by atoms with Gasteiger partial charge in [-0.3, -0.25) is 0 Å². The van der Waals surface area contributed by atoms with E-state index in [-0.39, 0.29) is 6.10 Å². The number of rotatable bonds is 2. The van der Waals surface area contributed by atoms with Crippen LogP contribution in [0.2, 0.25) is 5.02 Å². The number of anilines is 1. The van der Waals surface area contributed by atoms with Crippen molar-refractivity contribution in [3.05, 3.63) is 23.4 Å². The van der Waals surface area contributed by atoms with E-state index in [1.54, 1.807) is 6.20 Å². The largest absolute Gasteiger partial charge is 0.376 e. The summed E-state index contributed by atoms with van der Waals surface area (Å²) in [7, 11) is 0. The maximum atomic E-state index is 5.74. The standard InChI is InChI=1S/C10H13ClN2O/c1-7-9(4-5-14-7)13-10-3-2-8(11)6-12-10/h2-3,6-7,9H,4-5H2,1H3,(H,12,13). The molecule has 1 fully saturated rings. The van der Waals surface area contributed by atoms with Gasteiger partial charge in [-0.15, -0.1) is 0 Å². The van der Waals surface area contributed by atoms with Crippen LogP contribution in [-0.4, -0.2) is 23.7 Å². The highest BCUT2D eigenvalue weighted by Crippen LogP contribution is 2.18. The summed E-state index contributed by atoms with van der Waals surface area (Å²) in [5, 5.41) is 3.98. The smallest absolute Gasteiger partial charge is 0.126 e. The molecule has 2 heterocycles. The lowest BCUT2D eigenvalue weighted by Gasteiger charge is -2.16. The molecule has 2 rings (SSSR count). The minimum Gasteiger partial charge on any atom is -0.376 e. The Balaban J connectivity index is 2.00. The number of pyridine rings is 1. The summed E-state index contributed by atoms with van der Waals surface area (Å²) >= 11 is 5.74. The molecule has 4 heteroatoms. The van der Waals surface area contributed by atoms with Gasteiger partial charge in [0.2, 0.25) is 0 Å². The van der Waals surface area contributed by atoms with Gasteiger partial charge in [0.25, 0.3) is 0 Å². The van der Waals surface area contributed by atoms with Gasteiger partial charge in [-0.25, -0.2) is 4.98 Å². The predicted molar refractivity (Wildman–Crippen MR) is 56.7 cm³/mol. The Morgan fingerprint density at radius 2 is 2.43 bits per heavy atom. The molecule has 3 nitrogen and oxygen atoms in total. The third-order valence-corrected chi connectivity index (χ3v) is 2.66. The Morgan fingerprint density at radius 3 is 3.00 bits per heavy atom. The first-order valence-corrected chi connectivity index (χ1v) is 5.13. The van der Waals surface area contributed by atoms with Gasteiger partial charge in [0.05, 0.1) is 17.2 Å². The van der Waals surface area contributed by atoms with Crippen LogP contribution in [0, 0.1) is 0 Å². The van der Waals surface area contributed by atoms with E-state index in [2.05, 4.69) is 17.2 Å². The van der Waals surface area contributed by atoms with Crippen molar-refractivity contribution in [1.29, 1.82) is 0 Å². The Hall–Kier alpha value is -0.800. The molecule has 0 radical (unpaired) electrons. The molecule has 0 aliphatic carbocycles. The first kappa shape index (κ1) is 9.74. The Morgan fingerprint density at radius 1 is 1.57 bits per heavy atom. The van der Waals surface area contributed by atoms with Gasteiger partial charge in [0.15, 0.2) is 0 Å². The Labute approximate surface area is 88.4 Å². The molecule has 0 aromatic carbocycles. The molecule has 1 N–H and O–H groups in total. The van der Waals surface area contributed by atoms with Gasteiger partial charge >= 0.3 is 0 Å². The van der Waals surface area contributed by atoms with Crippen LogP contribution in [0.1, 0.15) is 13.3 Å². The zero-order valence-corrected chi connectivity index (χ0v) is 8.79. The second-order valence-corrected chi connectivity index (χ2v) is 3.91. The molecule has 2 unspecified atom stereocenters. The van der Waals surface area contributed by atoms with Crippen molar-refractivity contribution in [2.75, 3.05) is 11.9 Å². The summed E-state index contributed by atoms with van der Waals surface area (Å²) in [4.78, 5) is 4.18. The summed E-state index contributed by atoms with van der Waals surface area (Å²) in [6.07, 6.45) is 2.93. The minimum atomic E-state index is 0.257. The highest BCUT2D eigenvalue weighted by molar-refractivity contribution is 6.30. The normalized spacial score (nSPS) is 26.4. The molecule has 0 amide bonds. The van der Waals surface area contributed by atoms with Gasteiger partial charge in [-0.05, 0) is 25.5 Å². The number of halogens is 1. The average molecular weight is 213 g/mol. The van der Waals surface area contributed by atoms with Gasteiger partial charge in [-0.2, -0.15) is 0 Å². The van der Waals surface area contributed by atoms with Gasteiger partial charge < -0.3 is 10.1 Å². The zero-order chi connectivity index (χ0) is 9.97. The number of hydrogen-bond donors (Lipinski definition) is 1. The molecule has 1 aliphatic heterocycles. The molecule has 14 heavy (non-hydrogen) atoms. The van der Waals surface area contributed by atoms with E-state index >= 15 is 0 Å². The third kappa shape index (κ3) is 2.16. The van der Waals surface area contributed by atoms with Crippen molar-refractivity contribution in [1.82, 2.24) is 4.98 Å². The highest BCUT2D eigenvalue weighted by atomic mass is 35.5. The number of aromatic nitrogens is 1. The molecule has 76 valence electrons. The van der Waals surface area contributed by atoms with Crippen LogP contribution >= 0.6 is 11.6 Å². The lowest BCUT2D eigenvalue weighted by Crippen LogP contribution is -2.26. The van der Waals surface area contributed by atoms with Crippen LogP contribution in [0.4, 0.5) is 5.82 Å². The monoisotopic (exact) mass is 212 g/mol. The van der Waals surface area contributed by atoms with Crippen molar-refractivity contribution in [2.45, 2.75) is 25.5 Å². The number of ether oxygens (including phenoxy) is 1. The molecular weight excluding hydrogens is 200 g/mol. The second kappa shape index (κ2) is 4.15. The maximum absolute atomic E-state index is 5.74. The number of hydrogen-bond acceptors (Lipinski definition) is 3. The molecular formula is C10H13ClN2O. The van der Waals surface area contributed by atoms with Crippen LogP contribution in [0.25, 0.3) is 0 Å². The fraction of sp³-hybridized carbons (Fsp3) is 0.500. The molecule has 1 aliphatic rings. The number of nitrogens with one attached hydrogen (secondary N) is 1. The van der Waals surface area contributed by atoms with Crippen molar-refractivity contribution >= 4 is 17.4 Å². The minimum absolute atomic E-state index is 0.257. The molecule has 0 spiro atoms.